The molecule has 5 nitrogen and oxygen atoms in total. The second-order valence-electron chi connectivity index (χ2n) is 6.01. The predicted molar refractivity (Wildman–Crippen MR) is 73.7 cm³/mol. The number of hydrogen-bond acceptors (Lipinski definition) is 3. The molecule has 0 spiro atoms. The molecular formula is C14H26N2O3. The van der Waals surface area contributed by atoms with Gasteiger partial charge in [-0.1, -0.05) is 27.2 Å². The molecule has 0 bridgehead atoms. The highest BCUT2D eigenvalue weighted by Gasteiger charge is 2.34. The molecule has 19 heavy (non-hydrogen) atoms. The third-order valence-electron chi connectivity index (χ3n) is 3.46. The average Bonchev–Trinajstić information content (AvgIpc) is 2.32. The van der Waals surface area contributed by atoms with Crippen LogP contribution in [0.2, 0.25) is 0 Å². The summed E-state index contributed by atoms with van der Waals surface area (Å²) >= 11 is 0. The third kappa shape index (κ3) is 4.82. The van der Waals surface area contributed by atoms with Crippen molar-refractivity contribution in [2.45, 2.75) is 46.1 Å². The van der Waals surface area contributed by atoms with Crippen molar-refractivity contribution >= 4 is 11.8 Å². The standard InChI is InChI=1S/C14H26N2O3/c1-5-6-11-13(18)16(9-12(17)15-11)10-14(2,3)7-8-19-4/h11H,5-10H2,1-4H3,(H,15,17). The van der Waals surface area contributed by atoms with Crippen LogP contribution in [-0.4, -0.2) is 49.6 Å². The molecule has 1 atom stereocenters. The van der Waals surface area contributed by atoms with Crippen LogP contribution < -0.4 is 5.32 Å². The highest BCUT2D eigenvalue weighted by atomic mass is 16.5. The normalized spacial score (nSPS) is 20.6. The third-order valence-corrected chi connectivity index (χ3v) is 3.46. The van der Waals surface area contributed by atoms with E-state index in [1.807, 2.05) is 6.92 Å². The highest BCUT2D eigenvalue weighted by molar-refractivity contribution is 5.94. The van der Waals surface area contributed by atoms with Crippen LogP contribution in [0.25, 0.3) is 0 Å². The fraction of sp³-hybridized carbons (Fsp3) is 0.857. The van der Waals surface area contributed by atoms with E-state index in [0.717, 1.165) is 12.8 Å². The molecule has 1 N–H and O–H groups in total. The van der Waals surface area contributed by atoms with Gasteiger partial charge in [0.15, 0.2) is 0 Å². The topological polar surface area (TPSA) is 58.6 Å². The minimum Gasteiger partial charge on any atom is -0.385 e. The molecule has 1 aliphatic rings. The van der Waals surface area contributed by atoms with Crippen molar-refractivity contribution in [1.29, 1.82) is 0 Å². The number of nitrogens with zero attached hydrogens (tertiary/aromatic N) is 1. The molecule has 0 aromatic carbocycles. The Morgan fingerprint density at radius 3 is 2.68 bits per heavy atom. The number of nitrogens with one attached hydrogen (secondary N) is 1. The molecule has 1 heterocycles. The fourth-order valence-electron chi connectivity index (χ4n) is 2.37. The molecule has 1 rings (SSSR count). The van der Waals surface area contributed by atoms with E-state index in [1.165, 1.54) is 0 Å². The SMILES string of the molecule is CCCC1NC(=O)CN(CC(C)(C)CCOC)C1=O. The lowest BCUT2D eigenvalue weighted by Gasteiger charge is -2.37. The van der Waals surface area contributed by atoms with Crippen LogP contribution in [0, 0.1) is 5.41 Å². The predicted octanol–water partition coefficient (Wildman–Crippen LogP) is 1.18. The molecule has 1 aliphatic heterocycles. The summed E-state index contributed by atoms with van der Waals surface area (Å²) in [5.74, 6) is -0.00691. The van der Waals surface area contributed by atoms with Crippen molar-refractivity contribution in [2.75, 3.05) is 26.8 Å². The van der Waals surface area contributed by atoms with E-state index in [-0.39, 0.29) is 29.8 Å². The van der Waals surface area contributed by atoms with Gasteiger partial charge in [-0.2, -0.15) is 0 Å². The molecule has 0 aliphatic carbocycles. The first kappa shape index (κ1) is 16.0. The number of amides is 2. The number of rotatable bonds is 7. The Bertz CT molecular complexity index is 329. The van der Waals surface area contributed by atoms with Gasteiger partial charge >= 0.3 is 0 Å². The van der Waals surface area contributed by atoms with Crippen LogP contribution in [0.3, 0.4) is 0 Å². The zero-order valence-corrected chi connectivity index (χ0v) is 12.5. The summed E-state index contributed by atoms with van der Waals surface area (Å²) in [4.78, 5) is 25.7. The number of carbonyl (C=O) groups is 2. The quantitative estimate of drug-likeness (QED) is 0.755. The number of methoxy groups -OCH3 is 1. The summed E-state index contributed by atoms with van der Waals surface area (Å²) in [6, 6.07) is -0.343. The van der Waals surface area contributed by atoms with Gasteiger partial charge in [0, 0.05) is 20.3 Å². The molecule has 1 saturated heterocycles. The summed E-state index contributed by atoms with van der Waals surface area (Å²) in [6.07, 6.45) is 2.46. The van der Waals surface area contributed by atoms with Crippen LogP contribution in [0.4, 0.5) is 0 Å². The molecule has 5 heteroatoms. The van der Waals surface area contributed by atoms with Crippen LogP contribution >= 0.6 is 0 Å². The smallest absolute Gasteiger partial charge is 0.245 e. The molecule has 2 amide bonds. The summed E-state index contributed by atoms with van der Waals surface area (Å²) < 4.78 is 5.09. The fourth-order valence-corrected chi connectivity index (χ4v) is 2.37. The molecule has 0 aromatic rings. The van der Waals surface area contributed by atoms with E-state index in [9.17, 15) is 9.59 Å². The van der Waals surface area contributed by atoms with E-state index in [0.29, 0.717) is 19.6 Å². The van der Waals surface area contributed by atoms with Crippen LogP contribution in [-0.2, 0) is 14.3 Å². The zero-order valence-electron chi connectivity index (χ0n) is 12.5. The highest BCUT2D eigenvalue weighted by Crippen LogP contribution is 2.23. The zero-order chi connectivity index (χ0) is 14.5. The second kappa shape index (κ2) is 6.89. The lowest BCUT2D eigenvalue weighted by molar-refractivity contribution is -0.146. The van der Waals surface area contributed by atoms with Gasteiger partial charge in [0.25, 0.3) is 0 Å². The van der Waals surface area contributed by atoms with Crippen molar-refractivity contribution in [3.63, 3.8) is 0 Å². The Morgan fingerprint density at radius 1 is 1.42 bits per heavy atom. The summed E-state index contributed by atoms with van der Waals surface area (Å²) in [5, 5.41) is 2.77. The van der Waals surface area contributed by atoms with Gasteiger partial charge in [0.05, 0.1) is 6.54 Å². The van der Waals surface area contributed by atoms with Crippen molar-refractivity contribution in [2.24, 2.45) is 5.41 Å². The van der Waals surface area contributed by atoms with Gasteiger partial charge in [0.1, 0.15) is 6.04 Å². The van der Waals surface area contributed by atoms with Gasteiger partial charge in [-0.05, 0) is 18.3 Å². The maximum absolute atomic E-state index is 12.3. The number of ether oxygens (including phenoxy) is 1. The molecule has 0 aromatic heterocycles. The molecule has 0 radical (unpaired) electrons. The number of piperazine rings is 1. The van der Waals surface area contributed by atoms with E-state index < -0.39 is 0 Å². The van der Waals surface area contributed by atoms with Crippen LogP contribution in [0.15, 0.2) is 0 Å². The first-order valence-electron chi connectivity index (χ1n) is 6.96. The lowest BCUT2D eigenvalue weighted by Crippen LogP contribution is -2.59. The number of hydrogen-bond donors (Lipinski definition) is 1. The summed E-state index contributed by atoms with van der Waals surface area (Å²) in [5.41, 5.74) is -0.0416. The molecule has 110 valence electrons. The number of carbonyl (C=O) groups excluding carboxylic acids is 2. The molecular weight excluding hydrogens is 244 g/mol. The minimum absolute atomic E-state index is 0.0416. The molecule has 1 fully saturated rings. The van der Waals surface area contributed by atoms with Crippen LogP contribution in [0.1, 0.15) is 40.0 Å². The minimum atomic E-state index is -0.343. The van der Waals surface area contributed by atoms with Crippen LogP contribution in [0.5, 0.6) is 0 Å². The average molecular weight is 270 g/mol. The first-order valence-corrected chi connectivity index (χ1v) is 6.96. The Kier molecular flexibility index (Phi) is 5.79. The second-order valence-corrected chi connectivity index (χ2v) is 6.01. The summed E-state index contributed by atoms with van der Waals surface area (Å²) in [7, 11) is 1.67. The van der Waals surface area contributed by atoms with Gasteiger partial charge in [0.2, 0.25) is 11.8 Å². The Morgan fingerprint density at radius 2 is 2.11 bits per heavy atom. The van der Waals surface area contributed by atoms with Crippen molar-refractivity contribution in [1.82, 2.24) is 10.2 Å². The van der Waals surface area contributed by atoms with Gasteiger partial charge in [-0.25, -0.2) is 0 Å². The Hall–Kier alpha value is -1.10. The van der Waals surface area contributed by atoms with E-state index in [2.05, 4.69) is 19.2 Å². The monoisotopic (exact) mass is 270 g/mol. The van der Waals surface area contributed by atoms with E-state index in [1.54, 1.807) is 12.0 Å². The Labute approximate surface area is 115 Å². The largest absolute Gasteiger partial charge is 0.385 e. The van der Waals surface area contributed by atoms with Crippen molar-refractivity contribution in [3.05, 3.63) is 0 Å². The molecule has 0 saturated carbocycles. The summed E-state index contributed by atoms with van der Waals surface area (Å²) in [6.45, 7) is 7.65. The molecule has 1 unspecified atom stereocenters. The van der Waals surface area contributed by atoms with E-state index in [4.69, 9.17) is 4.74 Å². The van der Waals surface area contributed by atoms with Gasteiger partial charge < -0.3 is 15.0 Å². The van der Waals surface area contributed by atoms with Crippen molar-refractivity contribution < 1.29 is 14.3 Å². The van der Waals surface area contributed by atoms with Gasteiger partial charge in [-0.15, -0.1) is 0 Å². The van der Waals surface area contributed by atoms with Gasteiger partial charge in [-0.3, -0.25) is 9.59 Å². The lowest BCUT2D eigenvalue weighted by atomic mass is 9.88. The maximum atomic E-state index is 12.3. The van der Waals surface area contributed by atoms with Crippen molar-refractivity contribution in [3.8, 4) is 0 Å². The maximum Gasteiger partial charge on any atom is 0.245 e. The van der Waals surface area contributed by atoms with E-state index >= 15 is 0 Å². The Balaban J connectivity index is 2.64. The first-order chi connectivity index (χ1) is 8.89.